The predicted molar refractivity (Wildman–Crippen MR) is 53.3 cm³/mol. The van der Waals surface area contributed by atoms with Gasteiger partial charge in [-0.15, -0.1) is 5.98 Å². The van der Waals surface area contributed by atoms with Crippen LogP contribution in [0.4, 0.5) is 0 Å². The summed E-state index contributed by atoms with van der Waals surface area (Å²) in [5.41, 5.74) is 0. The molecule has 0 aromatic carbocycles. The number of hydrogen-bond acceptors (Lipinski definition) is 0. The lowest BCUT2D eigenvalue weighted by Gasteiger charge is -2.04. The van der Waals surface area contributed by atoms with E-state index < -0.39 is 0 Å². The van der Waals surface area contributed by atoms with Crippen LogP contribution in [0.2, 0.25) is 12.1 Å². The Bertz CT molecular complexity index is 129. The Morgan fingerprint density at radius 3 is 2.91 bits per heavy atom. The highest BCUT2D eigenvalue weighted by Gasteiger charge is 2.23. The summed E-state index contributed by atoms with van der Waals surface area (Å²) in [7, 11) is 0. The minimum Gasteiger partial charge on any atom is -0.119 e. The van der Waals surface area contributed by atoms with Crippen molar-refractivity contribution in [3.05, 3.63) is 12.1 Å². The predicted octanol–water partition coefficient (Wildman–Crippen LogP) is 3.56. The first-order valence-corrected chi connectivity index (χ1v) is 5.01. The van der Waals surface area contributed by atoms with Gasteiger partial charge in [0.1, 0.15) is 0 Å². The molecule has 0 spiro atoms. The van der Waals surface area contributed by atoms with Crippen LogP contribution in [0.15, 0.2) is 12.1 Å². The summed E-state index contributed by atoms with van der Waals surface area (Å²) in [5.74, 6) is 3.39. The Morgan fingerprint density at radius 1 is 1.55 bits per heavy atom. The van der Waals surface area contributed by atoms with Crippen molar-refractivity contribution >= 4 is 6.71 Å². The summed E-state index contributed by atoms with van der Waals surface area (Å²) in [6.45, 7) is 5.53. The second-order valence-electron chi connectivity index (χ2n) is 3.79. The van der Waals surface area contributed by atoms with E-state index >= 15 is 0 Å². The zero-order valence-corrected chi connectivity index (χ0v) is 7.84. The minimum absolute atomic E-state index is 0.904. The second kappa shape index (κ2) is 4.64. The third-order valence-electron chi connectivity index (χ3n) is 2.77. The quantitative estimate of drug-likeness (QED) is 0.539. The maximum Gasteiger partial charge on any atom is 0.168 e. The molecule has 0 nitrogen and oxygen atoms in total. The molecule has 1 aliphatic rings. The summed E-state index contributed by atoms with van der Waals surface area (Å²) in [6, 6.07) is 0. The molecule has 1 unspecified atom stereocenters. The van der Waals surface area contributed by atoms with Crippen LogP contribution in [-0.2, 0) is 0 Å². The van der Waals surface area contributed by atoms with Crippen LogP contribution in [0, 0.1) is 0 Å². The zero-order chi connectivity index (χ0) is 8.10. The molecule has 0 amide bonds. The van der Waals surface area contributed by atoms with E-state index in [0.29, 0.717) is 0 Å². The highest BCUT2D eigenvalue weighted by molar-refractivity contribution is 6.66. The SMILES string of the molecule is CCCC=CB1CCCC1C. The van der Waals surface area contributed by atoms with E-state index in [4.69, 9.17) is 0 Å². The normalized spacial score (nSPS) is 25.3. The van der Waals surface area contributed by atoms with Gasteiger partial charge in [0.25, 0.3) is 0 Å². The Morgan fingerprint density at radius 2 is 2.36 bits per heavy atom. The fourth-order valence-electron chi connectivity index (χ4n) is 1.90. The molecule has 1 heteroatoms. The Kier molecular flexibility index (Phi) is 3.75. The summed E-state index contributed by atoms with van der Waals surface area (Å²) in [5, 5.41) is 0. The van der Waals surface area contributed by atoms with E-state index in [1.54, 1.807) is 0 Å². The van der Waals surface area contributed by atoms with E-state index in [9.17, 15) is 0 Å². The van der Waals surface area contributed by atoms with E-state index in [2.05, 4.69) is 25.9 Å². The van der Waals surface area contributed by atoms with E-state index in [-0.39, 0.29) is 0 Å². The van der Waals surface area contributed by atoms with Gasteiger partial charge < -0.3 is 0 Å². The van der Waals surface area contributed by atoms with Gasteiger partial charge >= 0.3 is 0 Å². The molecule has 1 fully saturated rings. The van der Waals surface area contributed by atoms with Gasteiger partial charge in [0, 0.05) is 0 Å². The standard InChI is InChI=1S/C10H19B/c1-3-4-5-8-11-9-6-7-10(11)2/h5,8,10H,3-4,6-7,9H2,1-2H3. The molecule has 0 bridgehead atoms. The first-order valence-electron chi connectivity index (χ1n) is 5.01. The average molecular weight is 150 g/mol. The Hall–Kier alpha value is -0.195. The third-order valence-corrected chi connectivity index (χ3v) is 2.77. The molecule has 1 aliphatic heterocycles. The smallest absolute Gasteiger partial charge is 0.119 e. The second-order valence-corrected chi connectivity index (χ2v) is 3.79. The summed E-state index contributed by atoms with van der Waals surface area (Å²) in [4.78, 5) is 0. The molecule has 1 saturated heterocycles. The van der Waals surface area contributed by atoms with Crippen molar-refractivity contribution < 1.29 is 0 Å². The number of hydrogen-bond donors (Lipinski definition) is 0. The third kappa shape index (κ3) is 2.73. The summed E-state index contributed by atoms with van der Waals surface area (Å²) < 4.78 is 0. The number of rotatable bonds is 3. The first-order chi connectivity index (χ1) is 5.34. The fraction of sp³-hybridized carbons (Fsp3) is 0.800. The molecular formula is C10H19B. The molecule has 62 valence electrons. The van der Waals surface area contributed by atoms with Crippen molar-refractivity contribution in [2.24, 2.45) is 0 Å². The largest absolute Gasteiger partial charge is 0.168 e. The van der Waals surface area contributed by atoms with Crippen LogP contribution in [0.3, 0.4) is 0 Å². The van der Waals surface area contributed by atoms with E-state index in [0.717, 1.165) is 12.5 Å². The lowest BCUT2D eigenvalue weighted by atomic mass is 9.43. The monoisotopic (exact) mass is 150 g/mol. The molecule has 0 saturated carbocycles. The van der Waals surface area contributed by atoms with Crippen molar-refractivity contribution in [1.82, 2.24) is 0 Å². The van der Waals surface area contributed by atoms with Gasteiger partial charge in [-0.25, -0.2) is 0 Å². The molecule has 1 atom stereocenters. The molecule has 0 aliphatic carbocycles. The van der Waals surface area contributed by atoms with Crippen LogP contribution in [0.1, 0.15) is 39.5 Å². The highest BCUT2D eigenvalue weighted by Crippen LogP contribution is 2.30. The van der Waals surface area contributed by atoms with E-state index in [1.165, 1.54) is 32.0 Å². The maximum atomic E-state index is 2.45. The van der Waals surface area contributed by atoms with E-state index in [1.807, 2.05) is 0 Å². The van der Waals surface area contributed by atoms with Crippen molar-refractivity contribution in [1.29, 1.82) is 0 Å². The highest BCUT2D eigenvalue weighted by atomic mass is 14.0. The lowest BCUT2D eigenvalue weighted by molar-refractivity contribution is 0.820. The first kappa shape index (κ1) is 8.90. The van der Waals surface area contributed by atoms with Crippen molar-refractivity contribution in [2.75, 3.05) is 0 Å². The molecule has 0 aromatic heterocycles. The molecule has 11 heavy (non-hydrogen) atoms. The maximum absolute atomic E-state index is 2.45. The van der Waals surface area contributed by atoms with Gasteiger partial charge in [0.15, 0.2) is 6.71 Å². The van der Waals surface area contributed by atoms with Crippen LogP contribution in [0.5, 0.6) is 0 Å². The summed E-state index contributed by atoms with van der Waals surface area (Å²) in [6.07, 6.45) is 9.25. The topological polar surface area (TPSA) is 0 Å². The Balaban J connectivity index is 2.24. The van der Waals surface area contributed by atoms with Crippen molar-refractivity contribution in [3.63, 3.8) is 0 Å². The van der Waals surface area contributed by atoms with Gasteiger partial charge in [0.05, 0.1) is 0 Å². The van der Waals surface area contributed by atoms with Gasteiger partial charge in [0.2, 0.25) is 0 Å². The van der Waals surface area contributed by atoms with Gasteiger partial charge in [-0.2, -0.15) is 0 Å². The van der Waals surface area contributed by atoms with Gasteiger partial charge in [-0.1, -0.05) is 51.3 Å². The molecule has 0 N–H and O–H groups in total. The van der Waals surface area contributed by atoms with Crippen LogP contribution >= 0.6 is 0 Å². The lowest BCUT2D eigenvalue weighted by Crippen LogP contribution is -2.07. The minimum atomic E-state index is 0.904. The van der Waals surface area contributed by atoms with Gasteiger partial charge in [-0.3, -0.25) is 0 Å². The molecule has 1 rings (SSSR count). The fourth-order valence-corrected chi connectivity index (χ4v) is 1.90. The number of allylic oxidation sites excluding steroid dienone is 1. The van der Waals surface area contributed by atoms with Crippen molar-refractivity contribution in [2.45, 2.75) is 51.7 Å². The Labute approximate surface area is 71.2 Å². The average Bonchev–Trinajstić information content (AvgIpc) is 2.37. The molecule has 0 radical (unpaired) electrons. The van der Waals surface area contributed by atoms with Crippen molar-refractivity contribution in [3.8, 4) is 0 Å². The molecule has 0 aromatic rings. The van der Waals surface area contributed by atoms with Crippen LogP contribution < -0.4 is 0 Å². The van der Waals surface area contributed by atoms with Crippen LogP contribution in [-0.4, -0.2) is 6.71 Å². The molecular weight excluding hydrogens is 131 g/mol. The van der Waals surface area contributed by atoms with Crippen LogP contribution in [0.25, 0.3) is 0 Å². The molecule has 1 heterocycles. The summed E-state index contributed by atoms with van der Waals surface area (Å²) >= 11 is 0. The number of unbranched alkanes of at least 4 members (excludes halogenated alkanes) is 1. The zero-order valence-electron chi connectivity index (χ0n) is 7.84. The van der Waals surface area contributed by atoms with Gasteiger partial charge in [-0.05, 0) is 6.42 Å².